The molecule has 0 saturated heterocycles. The summed E-state index contributed by atoms with van der Waals surface area (Å²) in [6.07, 6.45) is 0. The van der Waals surface area contributed by atoms with Gasteiger partial charge in [0.2, 0.25) is 5.91 Å². The van der Waals surface area contributed by atoms with Gasteiger partial charge >= 0.3 is 0 Å². The molecule has 1 amide bonds. The third-order valence-electron chi connectivity index (χ3n) is 5.73. The van der Waals surface area contributed by atoms with Crippen LogP contribution in [0.4, 0.5) is 5.69 Å². The lowest BCUT2D eigenvalue weighted by atomic mass is 9.80. The predicted octanol–water partition coefficient (Wildman–Crippen LogP) is 6.68. The minimum atomic E-state index is -0.685. The quantitative estimate of drug-likeness (QED) is 0.300. The van der Waals surface area contributed by atoms with Gasteiger partial charge in [-0.2, -0.15) is 5.26 Å². The first-order chi connectivity index (χ1) is 17.4. The molecule has 4 rings (SSSR count). The molecule has 36 heavy (non-hydrogen) atoms. The normalized spacial score (nSPS) is 17.2. The molecule has 2 heterocycles. The second-order valence-electron chi connectivity index (χ2n) is 7.96. The summed E-state index contributed by atoms with van der Waals surface area (Å²) in [6.45, 7) is 1.79. The maximum atomic E-state index is 13.6. The fourth-order valence-electron chi connectivity index (χ4n) is 3.99. The van der Waals surface area contributed by atoms with E-state index in [1.807, 2.05) is 41.8 Å². The number of para-hydroxylation sites is 2. The molecule has 0 aliphatic carbocycles. The fourth-order valence-corrected chi connectivity index (χ4v) is 6.09. The van der Waals surface area contributed by atoms with Crippen LogP contribution in [0, 0.1) is 17.2 Å². The number of nitrogens with one attached hydrogen (secondary N) is 1. The maximum Gasteiger partial charge on any atom is 0.234 e. The minimum absolute atomic E-state index is 0.0612. The van der Waals surface area contributed by atoms with E-state index in [9.17, 15) is 14.9 Å². The van der Waals surface area contributed by atoms with Crippen molar-refractivity contribution < 1.29 is 14.3 Å². The van der Waals surface area contributed by atoms with Crippen molar-refractivity contribution in [1.29, 1.82) is 5.26 Å². The number of allylic oxidation sites excluding steroid dienone is 1. The van der Waals surface area contributed by atoms with Crippen LogP contribution < -0.4 is 10.1 Å². The molecule has 0 saturated carbocycles. The Hall–Kier alpha value is -3.19. The van der Waals surface area contributed by atoms with Gasteiger partial charge < -0.3 is 10.1 Å². The molecule has 182 valence electrons. The molecule has 1 N–H and O–H groups in total. The molecule has 9 heteroatoms. The Labute approximate surface area is 226 Å². The van der Waals surface area contributed by atoms with Crippen molar-refractivity contribution in [2.75, 3.05) is 18.2 Å². The van der Waals surface area contributed by atoms with Gasteiger partial charge in [0.15, 0.2) is 5.78 Å². The summed E-state index contributed by atoms with van der Waals surface area (Å²) in [5, 5.41) is 15.5. The van der Waals surface area contributed by atoms with E-state index in [4.69, 9.17) is 4.74 Å². The largest absolute Gasteiger partial charge is 0.495 e. The second kappa shape index (κ2) is 11.7. The number of nitrogens with zero attached hydrogens (tertiary/aromatic N) is 2. The molecule has 0 spiro atoms. The molecule has 6 nitrogen and oxygen atoms in total. The molecular weight excluding hydrogens is 558 g/mol. The zero-order valence-corrected chi connectivity index (χ0v) is 22.7. The number of thioether (sulfide) groups is 1. The van der Waals surface area contributed by atoms with E-state index in [1.54, 1.807) is 38.3 Å². The Bertz CT molecular complexity index is 1380. The van der Waals surface area contributed by atoms with Crippen LogP contribution in [0.1, 0.15) is 28.1 Å². The summed E-state index contributed by atoms with van der Waals surface area (Å²) in [7, 11) is 1.54. The van der Waals surface area contributed by atoms with Crippen LogP contribution in [0.3, 0.4) is 0 Å². The van der Waals surface area contributed by atoms with Gasteiger partial charge in [0, 0.05) is 26.5 Å². The Morgan fingerprint density at radius 3 is 2.58 bits per heavy atom. The molecule has 0 radical (unpaired) electrons. The van der Waals surface area contributed by atoms with Crippen molar-refractivity contribution in [2.24, 2.45) is 10.9 Å². The fraction of sp³-hybridized carbons (Fsp3) is 0.185. The average Bonchev–Trinajstić information content (AvgIpc) is 3.42. The second-order valence-corrected chi connectivity index (χ2v) is 10.8. The highest BCUT2D eigenvalue weighted by atomic mass is 79.9. The summed E-state index contributed by atoms with van der Waals surface area (Å²) in [5.74, 6) is -0.852. The minimum Gasteiger partial charge on any atom is -0.495 e. The number of Topliss-reactive ketones (excluding diaryl/α,β-unsaturated/α-hetero) is 1. The molecule has 3 aromatic rings. The van der Waals surface area contributed by atoms with Crippen molar-refractivity contribution in [3.63, 3.8) is 0 Å². The molecule has 1 unspecified atom stereocenters. The lowest BCUT2D eigenvalue weighted by Crippen LogP contribution is -2.36. The van der Waals surface area contributed by atoms with E-state index in [-0.39, 0.29) is 17.4 Å². The summed E-state index contributed by atoms with van der Waals surface area (Å²) in [5.41, 5.74) is 2.10. The van der Waals surface area contributed by atoms with E-state index in [0.717, 1.165) is 9.35 Å². The molecule has 1 aliphatic rings. The van der Waals surface area contributed by atoms with Gasteiger partial charge in [-0.3, -0.25) is 9.59 Å². The first-order valence-corrected chi connectivity index (χ1v) is 13.7. The van der Waals surface area contributed by atoms with Crippen molar-refractivity contribution >= 4 is 62.1 Å². The zero-order chi connectivity index (χ0) is 25.7. The first-order valence-electron chi connectivity index (χ1n) is 11.0. The number of methoxy groups -OCH3 is 1. The van der Waals surface area contributed by atoms with Gasteiger partial charge in [-0.15, -0.1) is 11.3 Å². The van der Waals surface area contributed by atoms with E-state index >= 15 is 0 Å². The van der Waals surface area contributed by atoms with Crippen LogP contribution in [0.15, 0.2) is 86.1 Å². The van der Waals surface area contributed by atoms with Gasteiger partial charge in [0.1, 0.15) is 10.8 Å². The molecule has 0 fully saturated rings. The summed E-state index contributed by atoms with van der Waals surface area (Å²) in [4.78, 5) is 31.9. The number of benzene rings is 2. The predicted molar refractivity (Wildman–Crippen MR) is 149 cm³/mol. The lowest BCUT2D eigenvalue weighted by Gasteiger charge is -2.30. The van der Waals surface area contributed by atoms with E-state index < -0.39 is 11.8 Å². The van der Waals surface area contributed by atoms with Crippen molar-refractivity contribution in [1.82, 2.24) is 0 Å². The number of rotatable bonds is 8. The molecular formula is C27H22BrN3O3S2. The number of anilines is 1. The van der Waals surface area contributed by atoms with Crippen molar-refractivity contribution in [2.45, 2.75) is 12.8 Å². The van der Waals surface area contributed by atoms with Gasteiger partial charge in [0.05, 0.1) is 36.1 Å². The summed E-state index contributed by atoms with van der Waals surface area (Å²) in [6, 6.07) is 20.4. The number of thiophene rings is 1. The zero-order valence-electron chi connectivity index (χ0n) is 19.5. The number of hydrogen-bond acceptors (Lipinski definition) is 7. The number of ketones is 1. The van der Waals surface area contributed by atoms with Crippen LogP contribution in [0.2, 0.25) is 0 Å². The average molecular weight is 581 g/mol. The highest BCUT2D eigenvalue weighted by molar-refractivity contribution is 9.10. The molecule has 2 atom stereocenters. The molecule has 0 bridgehead atoms. The highest BCUT2D eigenvalue weighted by Crippen LogP contribution is 2.44. The molecule has 2 aromatic carbocycles. The van der Waals surface area contributed by atoms with Crippen LogP contribution in [-0.2, 0) is 4.79 Å². The number of ether oxygens (including phenoxy) is 1. The monoisotopic (exact) mass is 579 g/mol. The summed E-state index contributed by atoms with van der Waals surface area (Å²) < 4.78 is 6.27. The van der Waals surface area contributed by atoms with Crippen LogP contribution in [0.5, 0.6) is 5.75 Å². The topological polar surface area (TPSA) is 91.5 Å². The standard InChI is InChI=1S/C27H22BrN3O3S2/c1-16-24(26(33)31-20-6-3-4-7-22(20)34-2)25(23-8-5-13-35-23)19(14-29)27(30-16)36-15-21(32)17-9-11-18(28)12-10-17/h3-13,24-25H,15H2,1-2H3,(H,31,33)/t24?,25-/m1/s1. The van der Waals surface area contributed by atoms with Crippen LogP contribution in [0.25, 0.3) is 0 Å². The van der Waals surface area contributed by atoms with Gasteiger partial charge in [-0.25, -0.2) is 4.99 Å². The number of carbonyl (C=O) groups excluding carboxylic acids is 2. The van der Waals surface area contributed by atoms with E-state index in [0.29, 0.717) is 33.3 Å². The van der Waals surface area contributed by atoms with Gasteiger partial charge in [0.25, 0.3) is 0 Å². The van der Waals surface area contributed by atoms with E-state index in [1.165, 1.54) is 23.1 Å². The number of carbonyl (C=O) groups is 2. The van der Waals surface area contributed by atoms with Crippen LogP contribution >= 0.6 is 39.0 Å². The van der Waals surface area contributed by atoms with Crippen molar-refractivity contribution in [3.05, 3.63) is 91.6 Å². The number of amides is 1. The number of halogens is 1. The first kappa shape index (κ1) is 25.9. The number of nitriles is 1. The maximum absolute atomic E-state index is 13.6. The third-order valence-corrected chi connectivity index (χ3v) is 8.20. The molecule has 1 aromatic heterocycles. The smallest absolute Gasteiger partial charge is 0.234 e. The lowest BCUT2D eigenvalue weighted by molar-refractivity contribution is -0.118. The van der Waals surface area contributed by atoms with Gasteiger partial charge in [-0.1, -0.05) is 58.0 Å². The van der Waals surface area contributed by atoms with Gasteiger partial charge in [-0.05, 0) is 42.6 Å². The van der Waals surface area contributed by atoms with Crippen LogP contribution in [-0.4, -0.2) is 30.3 Å². The van der Waals surface area contributed by atoms with Crippen molar-refractivity contribution in [3.8, 4) is 11.8 Å². The third kappa shape index (κ3) is 5.62. The Morgan fingerprint density at radius 2 is 1.92 bits per heavy atom. The summed E-state index contributed by atoms with van der Waals surface area (Å²) >= 11 is 6.09. The van der Waals surface area contributed by atoms with E-state index in [2.05, 4.69) is 32.3 Å². The Kier molecular flexibility index (Phi) is 8.41. The number of hydrogen-bond donors (Lipinski definition) is 1. The SMILES string of the molecule is COc1ccccc1NC(=O)C1C(C)=NC(SCC(=O)c2ccc(Br)cc2)=C(C#N)[C@@H]1c1cccs1. The number of aliphatic imine (C=N–C) groups is 1. The Morgan fingerprint density at radius 1 is 1.17 bits per heavy atom. The Balaban J connectivity index is 1.64. The highest BCUT2D eigenvalue weighted by Gasteiger charge is 2.40. The molecule has 1 aliphatic heterocycles.